The van der Waals surface area contributed by atoms with E-state index in [0.717, 1.165) is 10.9 Å². The zero-order valence-corrected chi connectivity index (χ0v) is 8.34. The summed E-state index contributed by atoms with van der Waals surface area (Å²) in [5, 5.41) is 10.3. The highest BCUT2D eigenvalue weighted by Gasteiger charge is 2.09. The maximum atomic E-state index is 9.44. The Labute approximate surface area is 87.3 Å². The quantitative estimate of drug-likeness (QED) is 0.721. The third kappa shape index (κ3) is 1.77. The van der Waals surface area contributed by atoms with Gasteiger partial charge in [-0.15, -0.1) is 0 Å². The molecule has 0 amide bonds. The summed E-state index contributed by atoms with van der Waals surface area (Å²) in [6.45, 7) is 0. The molecule has 0 aliphatic rings. The molecule has 2 aromatic rings. The lowest BCUT2D eigenvalue weighted by Gasteiger charge is -2.10. The summed E-state index contributed by atoms with van der Waals surface area (Å²) < 4.78 is 5.04. The topological polar surface area (TPSA) is 68.4 Å². The number of aromatic nitrogens is 1. The predicted molar refractivity (Wildman–Crippen MR) is 57.4 cm³/mol. The SMILES string of the molecule is COc1cc(C(N)O)c2ccccc2n1. The van der Waals surface area contributed by atoms with Crippen molar-refractivity contribution in [3.63, 3.8) is 0 Å². The van der Waals surface area contributed by atoms with Crippen LogP contribution in [0.3, 0.4) is 0 Å². The van der Waals surface area contributed by atoms with E-state index in [9.17, 15) is 5.11 Å². The average Bonchev–Trinajstić information content (AvgIpc) is 2.27. The smallest absolute Gasteiger partial charge is 0.213 e. The van der Waals surface area contributed by atoms with Gasteiger partial charge in [0.2, 0.25) is 5.88 Å². The zero-order valence-electron chi connectivity index (χ0n) is 8.34. The van der Waals surface area contributed by atoms with Gasteiger partial charge in [-0.3, -0.25) is 0 Å². The number of hydrogen-bond acceptors (Lipinski definition) is 4. The van der Waals surface area contributed by atoms with Gasteiger partial charge < -0.3 is 15.6 Å². The highest BCUT2D eigenvalue weighted by molar-refractivity contribution is 5.83. The molecular formula is C11H12N2O2. The minimum absolute atomic E-state index is 0.452. The summed E-state index contributed by atoms with van der Waals surface area (Å²) in [4.78, 5) is 4.25. The molecular weight excluding hydrogens is 192 g/mol. The van der Waals surface area contributed by atoms with Gasteiger partial charge in [0.25, 0.3) is 0 Å². The van der Waals surface area contributed by atoms with Gasteiger partial charge in [0.1, 0.15) is 6.23 Å². The van der Waals surface area contributed by atoms with E-state index in [2.05, 4.69) is 4.98 Å². The van der Waals surface area contributed by atoms with E-state index < -0.39 is 6.23 Å². The number of aliphatic hydroxyl groups excluding tert-OH is 1. The summed E-state index contributed by atoms with van der Waals surface area (Å²) in [5.74, 6) is 0.452. The Morgan fingerprint density at radius 2 is 2.13 bits per heavy atom. The van der Waals surface area contributed by atoms with Crippen molar-refractivity contribution < 1.29 is 9.84 Å². The molecule has 1 heterocycles. The Kier molecular flexibility index (Phi) is 2.53. The molecule has 2 rings (SSSR count). The number of nitrogens with two attached hydrogens (primary N) is 1. The molecule has 0 aliphatic carbocycles. The molecule has 0 fully saturated rings. The second-order valence-corrected chi connectivity index (χ2v) is 3.22. The summed E-state index contributed by atoms with van der Waals surface area (Å²) in [6, 6.07) is 9.12. The van der Waals surface area contributed by atoms with Crippen LogP contribution in [0.15, 0.2) is 30.3 Å². The van der Waals surface area contributed by atoms with Crippen molar-refractivity contribution in [1.82, 2.24) is 4.98 Å². The molecule has 78 valence electrons. The summed E-state index contributed by atoms with van der Waals surface area (Å²) in [7, 11) is 1.53. The van der Waals surface area contributed by atoms with Gasteiger partial charge in [-0.1, -0.05) is 18.2 Å². The number of aliphatic hydroxyl groups is 1. The summed E-state index contributed by atoms with van der Waals surface area (Å²) in [6.07, 6.45) is -1.02. The number of fused-ring (bicyclic) bond motifs is 1. The van der Waals surface area contributed by atoms with Gasteiger partial charge in [-0.05, 0) is 6.07 Å². The maximum absolute atomic E-state index is 9.44. The van der Waals surface area contributed by atoms with E-state index in [-0.39, 0.29) is 0 Å². The van der Waals surface area contributed by atoms with Gasteiger partial charge in [0.05, 0.1) is 12.6 Å². The number of pyridine rings is 1. The first-order valence-electron chi connectivity index (χ1n) is 4.59. The number of benzene rings is 1. The number of para-hydroxylation sites is 1. The van der Waals surface area contributed by atoms with Gasteiger partial charge >= 0.3 is 0 Å². The monoisotopic (exact) mass is 204 g/mol. The zero-order chi connectivity index (χ0) is 10.8. The lowest BCUT2D eigenvalue weighted by molar-refractivity contribution is 0.187. The van der Waals surface area contributed by atoms with Crippen LogP contribution in [0.4, 0.5) is 0 Å². The Morgan fingerprint density at radius 3 is 2.80 bits per heavy atom. The number of hydrogen-bond donors (Lipinski definition) is 2. The van der Waals surface area contributed by atoms with E-state index in [0.29, 0.717) is 11.4 Å². The van der Waals surface area contributed by atoms with Crippen LogP contribution in [0.25, 0.3) is 10.9 Å². The number of methoxy groups -OCH3 is 1. The summed E-state index contributed by atoms with van der Waals surface area (Å²) in [5.41, 5.74) is 6.86. The molecule has 0 radical (unpaired) electrons. The van der Waals surface area contributed by atoms with Crippen LogP contribution in [-0.4, -0.2) is 17.2 Å². The molecule has 1 aromatic carbocycles. The van der Waals surface area contributed by atoms with E-state index in [1.54, 1.807) is 6.07 Å². The first-order chi connectivity index (χ1) is 7.22. The van der Waals surface area contributed by atoms with E-state index in [1.165, 1.54) is 7.11 Å². The number of ether oxygens (including phenoxy) is 1. The first kappa shape index (κ1) is 9.89. The van der Waals surface area contributed by atoms with E-state index in [1.807, 2.05) is 24.3 Å². The molecule has 4 heteroatoms. The van der Waals surface area contributed by atoms with Crippen molar-refractivity contribution in [1.29, 1.82) is 0 Å². The van der Waals surface area contributed by atoms with Gasteiger partial charge in [-0.2, -0.15) is 0 Å². The van der Waals surface area contributed by atoms with Crippen molar-refractivity contribution >= 4 is 10.9 Å². The van der Waals surface area contributed by atoms with Gasteiger partial charge in [0, 0.05) is 17.0 Å². The van der Waals surface area contributed by atoms with Crippen LogP contribution in [0.2, 0.25) is 0 Å². The molecule has 0 saturated carbocycles. The third-order valence-electron chi connectivity index (χ3n) is 2.25. The molecule has 1 aromatic heterocycles. The fraction of sp³-hybridized carbons (Fsp3) is 0.182. The van der Waals surface area contributed by atoms with Crippen molar-refractivity contribution in [3.8, 4) is 5.88 Å². The second-order valence-electron chi connectivity index (χ2n) is 3.22. The molecule has 0 saturated heterocycles. The largest absolute Gasteiger partial charge is 0.481 e. The minimum atomic E-state index is -1.02. The maximum Gasteiger partial charge on any atom is 0.213 e. The Bertz CT molecular complexity index is 483. The fourth-order valence-corrected chi connectivity index (χ4v) is 1.53. The van der Waals surface area contributed by atoms with Gasteiger partial charge in [-0.25, -0.2) is 4.98 Å². The van der Waals surface area contributed by atoms with E-state index in [4.69, 9.17) is 10.5 Å². The molecule has 4 nitrogen and oxygen atoms in total. The fourth-order valence-electron chi connectivity index (χ4n) is 1.53. The van der Waals surface area contributed by atoms with Crippen LogP contribution < -0.4 is 10.5 Å². The highest BCUT2D eigenvalue weighted by Crippen LogP contribution is 2.24. The normalized spacial score (nSPS) is 12.7. The molecule has 0 aliphatic heterocycles. The molecule has 3 N–H and O–H groups in total. The van der Waals surface area contributed by atoms with Crippen LogP contribution >= 0.6 is 0 Å². The average molecular weight is 204 g/mol. The first-order valence-corrected chi connectivity index (χ1v) is 4.59. The predicted octanol–water partition coefficient (Wildman–Crippen LogP) is 1.19. The Morgan fingerprint density at radius 1 is 1.40 bits per heavy atom. The van der Waals surface area contributed by atoms with Crippen LogP contribution in [0.1, 0.15) is 11.8 Å². The minimum Gasteiger partial charge on any atom is -0.481 e. The van der Waals surface area contributed by atoms with E-state index >= 15 is 0 Å². The second kappa shape index (κ2) is 3.84. The Balaban J connectivity index is 2.74. The van der Waals surface area contributed by atoms with Crippen LogP contribution in [0.5, 0.6) is 5.88 Å². The highest BCUT2D eigenvalue weighted by atomic mass is 16.5. The standard InChI is InChI=1S/C11H12N2O2/c1-15-10-6-8(11(12)14)7-4-2-3-5-9(7)13-10/h2-6,11,14H,12H2,1H3. The molecule has 1 unspecified atom stereocenters. The van der Waals surface area contributed by atoms with Crippen LogP contribution in [0, 0.1) is 0 Å². The summed E-state index contributed by atoms with van der Waals surface area (Å²) >= 11 is 0. The lowest BCUT2D eigenvalue weighted by atomic mass is 10.1. The van der Waals surface area contributed by atoms with Crippen molar-refractivity contribution in [2.75, 3.05) is 7.11 Å². The molecule has 15 heavy (non-hydrogen) atoms. The lowest BCUT2D eigenvalue weighted by Crippen LogP contribution is -2.09. The third-order valence-corrected chi connectivity index (χ3v) is 2.25. The van der Waals surface area contributed by atoms with Gasteiger partial charge in [0.15, 0.2) is 0 Å². The van der Waals surface area contributed by atoms with Crippen molar-refractivity contribution in [2.45, 2.75) is 6.23 Å². The number of rotatable bonds is 2. The molecule has 1 atom stereocenters. The van der Waals surface area contributed by atoms with Crippen LogP contribution in [-0.2, 0) is 0 Å². The molecule has 0 spiro atoms. The van der Waals surface area contributed by atoms with Crippen molar-refractivity contribution in [2.24, 2.45) is 5.73 Å². The number of nitrogens with zero attached hydrogens (tertiary/aromatic N) is 1. The molecule has 0 bridgehead atoms. The van der Waals surface area contributed by atoms with Crippen molar-refractivity contribution in [3.05, 3.63) is 35.9 Å². The Hall–Kier alpha value is -1.65.